The molecule has 0 bridgehead atoms. The first-order chi connectivity index (χ1) is 9.25. The average Bonchev–Trinajstić information content (AvgIpc) is 2.32. The summed E-state index contributed by atoms with van der Waals surface area (Å²) in [6, 6.07) is 0. The minimum Gasteiger partial charge on any atom is -0.457 e. The lowest BCUT2D eigenvalue weighted by molar-refractivity contribution is -0.148. The molecule has 3 heteroatoms. The van der Waals surface area contributed by atoms with Gasteiger partial charge in [0, 0.05) is 12.8 Å². The topological polar surface area (TPSA) is 46.5 Å². The third-order valence-corrected chi connectivity index (χ3v) is 5.01. The molecule has 0 spiro atoms. The van der Waals surface area contributed by atoms with Crippen LogP contribution in [0.15, 0.2) is 11.6 Å². The Kier molecular flexibility index (Phi) is 4.29. The monoisotopic (exact) mass is 278 g/mol. The Bertz CT molecular complexity index is 412. The van der Waals surface area contributed by atoms with E-state index in [2.05, 4.69) is 33.3 Å². The average molecular weight is 278 g/mol. The van der Waals surface area contributed by atoms with Crippen LogP contribution in [0.5, 0.6) is 0 Å². The predicted octanol–water partition coefficient (Wildman–Crippen LogP) is 3.01. The Morgan fingerprint density at radius 3 is 2.70 bits per heavy atom. The van der Waals surface area contributed by atoms with Gasteiger partial charge in [-0.05, 0) is 43.1 Å². The molecule has 1 N–H and O–H groups in total. The Morgan fingerprint density at radius 2 is 2.15 bits per heavy atom. The highest BCUT2D eigenvalue weighted by atomic mass is 16.5. The van der Waals surface area contributed by atoms with Crippen molar-refractivity contribution < 1.29 is 14.6 Å². The lowest BCUT2D eigenvalue weighted by Gasteiger charge is -2.52. The molecule has 2 radical (unpaired) electrons. The Hall–Kier alpha value is -0.830. The molecule has 1 fully saturated rings. The highest BCUT2D eigenvalue weighted by molar-refractivity contribution is 5.66. The van der Waals surface area contributed by atoms with E-state index < -0.39 is 11.7 Å². The second-order valence-electron chi connectivity index (χ2n) is 6.78. The van der Waals surface area contributed by atoms with Gasteiger partial charge in [0.1, 0.15) is 6.10 Å². The molecule has 2 rings (SSSR count). The molecule has 2 aliphatic rings. The Labute approximate surface area is 122 Å². The molecule has 0 heterocycles. The summed E-state index contributed by atoms with van der Waals surface area (Å²) in [6.07, 6.45) is 6.92. The van der Waals surface area contributed by atoms with E-state index in [1.165, 1.54) is 6.92 Å². The highest BCUT2D eigenvalue weighted by Crippen LogP contribution is 2.50. The summed E-state index contributed by atoms with van der Waals surface area (Å²) in [7, 11) is 0. The molecule has 0 unspecified atom stereocenters. The van der Waals surface area contributed by atoms with Crippen LogP contribution in [0.4, 0.5) is 0 Å². The summed E-state index contributed by atoms with van der Waals surface area (Å²) >= 11 is 0. The van der Waals surface area contributed by atoms with Crippen molar-refractivity contribution in [2.75, 3.05) is 0 Å². The molecule has 0 aromatic rings. The fourth-order valence-electron chi connectivity index (χ4n) is 3.72. The van der Waals surface area contributed by atoms with Gasteiger partial charge in [0.2, 0.25) is 0 Å². The molecule has 1 saturated carbocycles. The lowest BCUT2D eigenvalue weighted by Crippen LogP contribution is -2.56. The van der Waals surface area contributed by atoms with Crippen molar-refractivity contribution in [3.63, 3.8) is 0 Å². The molecule has 0 saturated heterocycles. The second-order valence-corrected chi connectivity index (χ2v) is 6.78. The van der Waals surface area contributed by atoms with Gasteiger partial charge in [-0.3, -0.25) is 4.79 Å². The van der Waals surface area contributed by atoms with Crippen molar-refractivity contribution in [3.05, 3.63) is 18.1 Å². The maximum absolute atomic E-state index is 11.2. The van der Waals surface area contributed by atoms with E-state index in [1.54, 1.807) is 0 Å². The van der Waals surface area contributed by atoms with Gasteiger partial charge in [-0.1, -0.05) is 26.8 Å². The first kappa shape index (κ1) is 15.6. The van der Waals surface area contributed by atoms with Crippen LogP contribution in [0.3, 0.4) is 0 Å². The fraction of sp³-hybridized carbons (Fsp3) is 0.765. The van der Waals surface area contributed by atoms with Crippen molar-refractivity contribution >= 4 is 5.97 Å². The SMILES string of the molecule is CC(=O)O[C@@H]1[C][C@@]2(O)[C@H](C)CC[C@@H](C(C)C)[C@H]2C=C1C. The number of carbonyl (C=O) groups is 1. The third-order valence-electron chi connectivity index (χ3n) is 5.01. The largest absolute Gasteiger partial charge is 0.457 e. The third kappa shape index (κ3) is 2.65. The summed E-state index contributed by atoms with van der Waals surface area (Å²) in [6.45, 7) is 9.84. The van der Waals surface area contributed by atoms with E-state index in [1.807, 2.05) is 6.92 Å². The minimum atomic E-state index is -0.979. The summed E-state index contributed by atoms with van der Waals surface area (Å²) in [5.74, 6) is 0.871. The van der Waals surface area contributed by atoms with Crippen LogP contribution in [0, 0.1) is 30.1 Å². The zero-order chi connectivity index (χ0) is 15.1. The van der Waals surface area contributed by atoms with Crippen LogP contribution in [-0.4, -0.2) is 22.8 Å². The fourth-order valence-corrected chi connectivity index (χ4v) is 3.72. The second kappa shape index (κ2) is 5.51. The first-order valence-corrected chi connectivity index (χ1v) is 7.61. The van der Waals surface area contributed by atoms with E-state index >= 15 is 0 Å². The van der Waals surface area contributed by atoms with Crippen molar-refractivity contribution in [2.24, 2.45) is 23.7 Å². The maximum atomic E-state index is 11.2. The Balaban J connectivity index is 2.33. The number of aliphatic hydroxyl groups is 1. The van der Waals surface area contributed by atoms with Gasteiger partial charge >= 0.3 is 5.97 Å². The molecule has 112 valence electrons. The number of fused-ring (bicyclic) bond motifs is 1. The Morgan fingerprint density at radius 1 is 1.50 bits per heavy atom. The van der Waals surface area contributed by atoms with Crippen LogP contribution in [0.2, 0.25) is 0 Å². The molecular weight excluding hydrogens is 252 g/mol. The molecule has 5 atom stereocenters. The van der Waals surface area contributed by atoms with E-state index in [0.29, 0.717) is 11.8 Å². The minimum absolute atomic E-state index is 0.0815. The smallest absolute Gasteiger partial charge is 0.303 e. The first-order valence-electron chi connectivity index (χ1n) is 7.61. The number of esters is 1. The van der Waals surface area contributed by atoms with Gasteiger partial charge in [0.15, 0.2) is 0 Å². The van der Waals surface area contributed by atoms with Crippen LogP contribution >= 0.6 is 0 Å². The van der Waals surface area contributed by atoms with Gasteiger partial charge in [0.25, 0.3) is 0 Å². The van der Waals surface area contributed by atoms with Gasteiger partial charge in [-0.15, -0.1) is 0 Å². The highest BCUT2D eigenvalue weighted by Gasteiger charge is 2.52. The van der Waals surface area contributed by atoms with Crippen molar-refractivity contribution in [1.82, 2.24) is 0 Å². The lowest BCUT2D eigenvalue weighted by atomic mass is 9.57. The predicted molar refractivity (Wildman–Crippen MR) is 77.7 cm³/mol. The van der Waals surface area contributed by atoms with Crippen molar-refractivity contribution in [2.45, 2.75) is 59.2 Å². The van der Waals surface area contributed by atoms with E-state index in [9.17, 15) is 9.90 Å². The number of ether oxygens (including phenoxy) is 1. The number of rotatable bonds is 2. The zero-order valence-electron chi connectivity index (χ0n) is 13.1. The molecular formula is C17H26O3. The van der Waals surface area contributed by atoms with Crippen LogP contribution in [0.1, 0.15) is 47.5 Å². The summed E-state index contributed by atoms with van der Waals surface area (Å²) < 4.78 is 5.28. The van der Waals surface area contributed by atoms with Crippen LogP contribution in [-0.2, 0) is 9.53 Å². The van der Waals surface area contributed by atoms with Gasteiger partial charge in [0.05, 0.1) is 12.0 Å². The van der Waals surface area contributed by atoms with Crippen LogP contribution in [0.25, 0.3) is 0 Å². The number of carbonyl (C=O) groups excluding carboxylic acids is 1. The molecule has 0 aromatic heterocycles. The quantitative estimate of drug-likeness (QED) is 0.624. The molecule has 0 amide bonds. The normalized spacial score (nSPS) is 41.0. The van der Waals surface area contributed by atoms with Gasteiger partial charge in [-0.2, -0.15) is 0 Å². The molecule has 20 heavy (non-hydrogen) atoms. The molecule has 0 aromatic carbocycles. The van der Waals surface area contributed by atoms with Crippen molar-refractivity contribution in [3.8, 4) is 0 Å². The molecule has 0 aliphatic heterocycles. The van der Waals surface area contributed by atoms with Gasteiger partial charge in [-0.25, -0.2) is 0 Å². The summed E-state index contributed by atoms with van der Waals surface area (Å²) in [5.41, 5.74) is 0.00178. The standard InChI is InChI=1S/C17H26O3/c1-10(2)14-7-6-12(4)17(19)9-16(20-13(5)18)11(3)8-15(14)17/h8,10,12,14-16,19H,6-7H2,1-5H3/t12-,14+,15-,16-,17-/m1/s1. The van der Waals surface area contributed by atoms with Crippen LogP contribution < -0.4 is 0 Å². The number of hydrogen-bond acceptors (Lipinski definition) is 3. The summed E-state index contributed by atoms with van der Waals surface area (Å²) in [5, 5.41) is 11.1. The van der Waals surface area contributed by atoms with E-state index in [-0.39, 0.29) is 17.8 Å². The van der Waals surface area contributed by atoms with E-state index in [0.717, 1.165) is 18.4 Å². The van der Waals surface area contributed by atoms with Crippen molar-refractivity contribution in [1.29, 1.82) is 0 Å². The maximum Gasteiger partial charge on any atom is 0.303 e. The van der Waals surface area contributed by atoms with E-state index in [4.69, 9.17) is 4.74 Å². The zero-order valence-corrected chi connectivity index (χ0v) is 13.1. The molecule has 2 aliphatic carbocycles. The summed E-state index contributed by atoms with van der Waals surface area (Å²) in [4.78, 5) is 11.2. The number of hydrogen-bond donors (Lipinski definition) is 1. The molecule has 3 nitrogen and oxygen atoms in total. The van der Waals surface area contributed by atoms with Gasteiger partial charge < -0.3 is 9.84 Å².